The molecule has 0 atom stereocenters. The summed E-state index contributed by atoms with van der Waals surface area (Å²) in [5, 5.41) is 7.25. The Morgan fingerprint density at radius 2 is 1.88 bits per heavy atom. The third-order valence-electron chi connectivity index (χ3n) is 5.25. The van der Waals surface area contributed by atoms with Gasteiger partial charge in [0.15, 0.2) is 0 Å². The summed E-state index contributed by atoms with van der Waals surface area (Å²) in [4.78, 5) is 28.7. The van der Waals surface area contributed by atoms with E-state index in [1.807, 2.05) is 22.9 Å². The Balaban J connectivity index is 1.39. The van der Waals surface area contributed by atoms with Gasteiger partial charge in [0.1, 0.15) is 5.56 Å². The van der Waals surface area contributed by atoms with Crippen LogP contribution in [0.4, 0.5) is 0 Å². The Morgan fingerprint density at radius 3 is 2.61 bits per heavy atom. The number of rotatable bonds is 8. The molecule has 1 N–H and O–H groups in total. The first-order valence-corrected chi connectivity index (χ1v) is 10.7. The molecule has 33 heavy (non-hydrogen) atoms. The second-order valence-electron chi connectivity index (χ2n) is 7.56. The topological polar surface area (TPSA) is 91.0 Å². The van der Waals surface area contributed by atoms with Crippen molar-refractivity contribution in [1.82, 2.24) is 24.6 Å². The predicted molar refractivity (Wildman–Crippen MR) is 123 cm³/mol. The smallest absolute Gasteiger partial charge is 0.341 e. The Hall–Kier alpha value is -4.20. The third kappa shape index (κ3) is 5.17. The van der Waals surface area contributed by atoms with E-state index in [1.54, 1.807) is 55.3 Å². The number of nitrogens with zero attached hydrogens (tertiary/aromatic N) is 4. The van der Waals surface area contributed by atoms with E-state index in [-0.39, 0.29) is 5.91 Å². The number of carbonyl (C=O) groups is 2. The molecule has 0 unspecified atom stereocenters. The van der Waals surface area contributed by atoms with Crippen molar-refractivity contribution in [3.05, 3.63) is 101 Å². The molecule has 1 amide bonds. The fraction of sp³-hybridized carbons (Fsp3) is 0.200. The summed E-state index contributed by atoms with van der Waals surface area (Å²) in [5.41, 5.74) is 4.57. The lowest BCUT2D eigenvalue weighted by atomic mass is 10.1. The van der Waals surface area contributed by atoms with Gasteiger partial charge in [0.25, 0.3) is 5.91 Å². The van der Waals surface area contributed by atoms with Crippen molar-refractivity contribution >= 4 is 11.9 Å². The van der Waals surface area contributed by atoms with Gasteiger partial charge in [-0.3, -0.25) is 4.79 Å². The van der Waals surface area contributed by atoms with Crippen LogP contribution >= 0.6 is 0 Å². The van der Waals surface area contributed by atoms with Gasteiger partial charge in [-0.2, -0.15) is 5.10 Å². The van der Waals surface area contributed by atoms with Gasteiger partial charge >= 0.3 is 5.97 Å². The van der Waals surface area contributed by atoms with Gasteiger partial charge in [-0.25, -0.2) is 14.5 Å². The van der Waals surface area contributed by atoms with Crippen LogP contribution < -0.4 is 5.32 Å². The number of benzene rings is 2. The van der Waals surface area contributed by atoms with Gasteiger partial charge in [0.2, 0.25) is 0 Å². The molecule has 4 aromatic rings. The van der Waals surface area contributed by atoms with Crippen molar-refractivity contribution in [2.45, 2.75) is 26.9 Å². The number of esters is 1. The lowest BCUT2D eigenvalue weighted by Crippen LogP contribution is -2.22. The normalized spacial score (nSPS) is 10.7. The molecule has 0 radical (unpaired) electrons. The lowest BCUT2D eigenvalue weighted by molar-refractivity contribution is 0.0525. The van der Waals surface area contributed by atoms with Crippen LogP contribution in [0, 0.1) is 6.92 Å². The number of ether oxygens (including phenoxy) is 1. The first-order valence-electron chi connectivity index (χ1n) is 10.7. The second-order valence-corrected chi connectivity index (χ2v) is 7.56. The Kier molecular flexibility index (Phi) is 6.64. The zero-order valence-corrected chi connectivity index (χ0v) is 18.6. The van der Waals surface area contributed by atoms with E-state index >= 15 is 0 Å². The average Bonchev–Trinajstić information content (AvgIpc) is 3.47. The Morgan fingerprint density at radius 1 is 1.09 bits per heavy atom. The monoisotopic (exact) mass is 443 g/mol. The molecule has 0 bridgehead atoms. The highest BCUT2D eigenvalue weighted by molar-refractivity contribution is 5.94. The first kappa shape index (κ1) is 22.0. The molecule has 0 aliphatic rings. The molecular formula is C25H25N5O3. The summed E-state index contributed by atoms with van der Waals surface area (Å²) >= 11 is 0. The van der Waals surface area contributed by atoms with Crippen LogP contribution in [-0.4, -0.2) is 37.8 Å². The van der Waals surface area contributed by atoms with Crippen molar-refractivity contribution in [1.29, 1.82) is 0 Å². The highest BCUT2D eigenvalue weighted by atomic mass is 16.5. The number of aromatic nitrogens is 4. The van der Waals surface area contributed by atoms with Gasteiger partial charge in [0, 0.05) is 31.0 Å². The number of carbonyl (C=O) groups excluding carboxylic acids is 2. The van der Waals surface area contributed by atoms with Gasteiger partial charge in [-0.05, 0) is 49.2 Å². The van der Waals surface area contributed by atoms with E-state index in [4.69, 9.17) is 4.74 Å². The van der Waals surface area contributed by atoms with Crippen LogP contribution in [0.1, 0.15) is 44.5 Å². The molecule has 2 aromatic heterocycles. The minimum atomic E-state index is -0.397. The molecule has 0 saturated heterocycles. The van der Waals surface area contributed by atoms with Crippen LogP contribution in [0.15, 0.2) is 73.4 Å². The van der Waals surface area contributed by atoms with Crippen molar-refractivity contribution < 1.29 is 14.3 Å². The molecule has 4 rings (SSSR count). The highest BCUT2D eigenvalue weighted by Gasteiger charge is 2.16. The number of hydrogen-bond acceptors (Lipinski definition) is 5. The molecule has 8 heteroatoms. The second kappa shape index (κ2) is 9.95. The minimum Gasteiger partial charge on any atom is -0.462 e. The molecule has 8 nitrogen and oxygen atoms in total. The highest BCUT2D eigenvalue weighted by Crippen LogP contribution is 2.16. The summed E-state index contributed by atoms with van der Waals surface area (Å²) in [6, 6.07) is 15.2. The van der Waals surface area contributed by atoms with Gasteiger partial charge in [-0.1, -0.05) is 24.3 Å². The molecule has 0 aliphatic heterocycles. The molecule has 0 aliphatic carbocycles. The van der Waals surface area contributed by atoms with E-state index in [0.717, 1.165) is 23.4 Å². The molecule has 0 fully saturated rings. The third-order valence-corrected chi connectivity index (χ3v) is 5.25. The van der Waals surface area contributed by atoms with Crippen LogP contribution in [0.25, 0.3) is 5.69 Å². The molecular weight excluding hydrogens is 418 g/mol. The van der Waals surface area contributed by atoms with Crippen molar-refractivity contribution in [2.24, 2.45) is 0 Å². The summed E-state index contributed by atoms with van der Waals surface area (Å²) in [6.45, 7) is 5.04. The zero-order chi connectivity index (χ0) is 23.2. The fourth-order valence-corrected chi connectivity index (χ4v) is 3.55. The maximum Gasteiger partial charge on any atom is 0.341 e. The van der Waals surface area contributed by atoms with Crippen molar-refractivity contribution in [3.8, 4) is 5.69 Å². The maximum absolute atomic E-state index is 12.6. The van der Waals surface area contributed by atoms with Crippen LogP contribution in [0.3, 0.4) is 0 Å². The molecule has 2 aromatic carbocycles. The first-order chi connectivity index (χ1) is 16.0. The van der Waals surface area contributed by atoms with Crippen molar-refractivity contribution in [3.63, 3.8) is 0 Å². The van der Waals surface area contributed by atoms with Gasteiger partial charge < -0.3 is 14.6 Å². The predicted octanol–water partition coefficient (Wildman–Crippen LogP) is 3.53. The lowest BCUT2D eigenvalue weighted by Gasteiger charge is -2.09. The van der Waals surface area contributed by atoms with Crippen LogP contribution in [-0.2, 0) is 17.8 Å². The number of imidazole rings is 1. The summed E-state index contributed by atoms with van der Waals surface area (Å²) in [7, 11) is 0. The van der Waals surface area contributed by atoms with Gasteiger partial charge in [0.05, 0.1) is 30.5 Å². The maximum atomic E-state index is 12.6. The molecule has 0 spiro atoms. The summed E-state index contributed by atoms with van der Waals surface area (Å²) < 4.78 is 8.70. The number of nitrogens with one attached hydrogen (secondary N) is 1. The quantitative estimate of drug-likeness (QED) is 0.421. The molecule has 168 valence electrons. The van der Waals surface area contributed by atoms with Crippen LogP contribution in [0.5, 0.6) is 0 Å². The molecule has 0 saturated carbocycles. The SMILES string of the molecule is CCOC(=O)c1cnn(-c2ccc(C(=O)NCc3cccc(Cn4ccnc4)c3)cc2)c1C. The van der Waals surface area contributed by atoms with E-state index in [0.29, 0.717) is 30.0 Å². The summed E-state index contributed by atoms with van der Waals surface area (Å²) in [5.74, 6) is -0.558. The van der Waals surface area contributed by atoms with Crippen molar-refractivity contribution in [2.75, 3.05) is 6.61 Å². The largest absolute Gasteiger partial charge is 0.462 e. The minimum absolute atomic E-state index is 0.161. The standard InChI is InChI=1S/C25H25N5O3/c1-3-33-25(32)23-15-28-30(18(23)2)22-9-7-21(8-10-22)24(31)27-14-19-5-4-6-20(13-19)16-29-12-11-26-17-29/h4-13,15,17H,3,14,16H2,1-2H3,(H,27,31). The van der Waals surface area contributed by atoms with E-state index in [2.05, 4.69) is 27.5 Å². The Labute approximate surface area is 191 Å². The average molecular weight is 444 g/mol. The number of hydrogen-bond donors (Lipinski definition) is 1. The van der Waals surface area contributed by atoms with E-state index < -0.39 is 5.97 Å². The van der Waals surface area contributed by atoms with E-state index in [9.17, 15) is 9.59 Å². The van der Waals surface area contributed by atoms with Gasteiger partial charge in [-0.15, -0.1) is 0 Å². The zero-order valence-electron chi connectivity index (χ0n) is 18.6. The number of amides is 1. The fourth-order valence-electron chi connectivity index (χ4n) is 3.55. The summed E-state index contributed by atoms with van der Waals surface area (Å²) in [6.07, 6.45) is 6.94. The Bertz CT molecular complexity index is 1240. The van der Waals surface area contributed by atoms with Crippen LogP contribution in [0.2, 0.25) is 0 Å². The molecule has 2 heterocycles. The van der Waals surface area contributed by atoms with E-state index in [1.165, 1.54) is 6.20 Å².